The fourth-order valence-electron chi connectivity index (χ4n) is 4.81. The standard InChI is InChI=1S/C30H28N2O3/c1-21-6-3-8-23-17-31(19-33-29(21)23)25-12-14-27(15-13-25)35-28-11-5-10-26(16-28)32-18-24-9-4-7-22(2)30(24)34-20-32/h3-16H,17-20H2,1-2H3. The van der Waals surface area contributed by atoms with E-state index in [4.69, 9.17) is 14.2 Å². The highest BCUT2D eigenvalue weighted by molar-refractivity contribution is 5.56. The number of para-hydroxylation sites is 2. The summed E-state index contributed by atoms with van der Waals surface area (Å²) >= 11 is 0. The first-order valence-electron chi connectivity index (χ1n) is 11.9. The molecule has 0 fully saturated rings. The van der Waals surface area contributed by atoms with Crippen molar-refractivity contribution >= 4 is 11.4 Å². The molecule has 0 amide bonds. The van der Waals surface area contributed by atoms with E-state index < -0.39 is 0 Å². The van der Waals surface area contributed by atoms with Crippen molar-refractivity contribution in [2.24, 2.45) is 0 Å². The highest BCUT2D eigenvalue weighted by Crippen LogP contribution is 2.34. The van der Waals surface area contributed by atoms with Crippen molar-refractivity contribution in [2.45, 2.75) is 26.9 Å². The Balaban J connectivity index is 1.14. The molecule has 2 heterocycles. The molecule has 2 aliphatic rings. The summed E-state index contributed by atoms with van der Waals surface area (Å²) in [5.41, 5.74) is 6.97. The molecule has 4 aromatic rings. The van der Waals surface area contributed by atoms with Gasteiger partial charge in [-0.05, 0) is 61.4 Å². The molecule has 0 radical (unpaired) electrons. The van der Waals surface area contributed by atoms with Crippen LogP contribution in [0.2, 0.25) is 0 Å². The number of benzene rings is 4. The summed E-state index contributed by atoms with van der Waals surface area (Å²) in [6, 6.07) is 29.0. The van der Waals surface area contributed by atoms with Gasteiger partial charge in [-0.25, -0.2) is 0 Å². The first kappa shape index (κ1) is 21.4. The van der Waals surface area contributed by atoms with Gasteiger partial charge in [-0.2, -0.15) is 0 Å². The monoisotopic (exact) mass is 464 g/mol. The molecule has 0 atom stereocenters. The lowest BCUT2D eigenvalue weighted by atomic mass is 10.1. The van der Waals surface area contributed by atoms with E-state index in [9.17, 15) is 0 Å². The van der Waals surface area contributed by atoms with Crippen LogP contribution in [0.1, 0.15) is 22.3 Å². The van der Waals surface area contributed by atoms with E-state index in [1.54, 1.807) is 0 Å². The predicted octanol–water partition coefficient (Wildman–Crippen LogP) is 6.81. The second kappa shape index (κ2) is 8.91. The molecule has 0 aliphatic carbocycles. The van der Waals surface area contributed by atoms with Crippen LogP contribution in [0.4, 0.5) is 11.4 Å². The first-order chi connectivity index (χ1) is 17.1. The quantitative estimate of drug-likeness (QED) is 0.331. The summed E-state index contributed by atoms with van der Waals surface area (Å²) in [5, 5.41) is 0. The SMILES string of the molecule is Cc1cccc2c1OCN(c1ccc(Oc3cccc(N4COc5c(C)cccc5C4)c3)cc1)C2. The van der Waals surface area contributed by atoms with Gasteiger partial charge in [-0.3, -0.25) is 0 Å². The molecule has 0 unspecified atom stereocenters. The molecule has 0 saturated carbocycles. The topological polar surface area (TPSA) is 34.2 Å². The number of hydrogen-bond donors (Lipinski definition) is 0. The van der Waals surface area contributed by atoms with Gasteiger partial charge in [0.15, 0.2) is 13.5 Å². The van der Waals surface area contributed by atoms with Crippen molar-refractivity contribution in [1.82, 2.24) is 0 Å². The smallest absolute Gasteiger partial charge is 0.161 e. The van der Waals surface area contributed by atoms with E-state index in [1.165, 1.54) is 22.3 Å². The van der Waals surface area contributed by atoms with Crippen molar-refractivity contribution in [3.05, 3.63) is 107 Å². The average molecular weight is 465 g/mol. The van der Waals surface area contributed by atoms with Crippen LogP contribution in [-0.2, 0) is 13.1 Å². The van der Waals surface area contributed by atoms with Gasteiger partial charge in [0.05, 0.1) is 0 Å². The lowest BCUT2D eigenvalue weighted by molar-refractivity contribution is 0.287. The molecule has 176 valence electrons. The predicted molar refractivity (Wildman–Crippen MR) is 139 cm³/mol. The molecule has 6 rings (SSSR count). The molecule has 0 spiro atoms. The Bertz CT molecular complexity index is 1370. The van der Waals surface area contributed by atoms with Crippen LogP contribution < -0.4 is 24.0 Å². The largest absolute Gasteiger partial charge is 0.472 e. The van der Waals surface area contributed by atoms with Crippen molar-refractivity contribution < 1.29 is 14.2 Å². The Morgan fingerprint density at radius 1 is 0.600 bits per heavy atom. The Morgan fingerprint density at radius 3 is 1.80 bits per heavy atom. The summed E-state index contributed by atoms with van der Waals surface area (Å²) in [6.07, 6.45) is 0. The van der Waals surface area contributed by atoms with E-state index in [0.717, 1.165) is 47.5 Å². The highest BCUT2D eigenvalue weighted by Gasteiger charge is 2.20. The lowest BCUT2D eigenvalue weighted by Gasteiger charge is -2.32. The molecular formula is C30H28N2O3. The first-order valence-corrected chi connectivity index (χ1v) is 11.9. The van der Waals surface area contributed by atoms with Crippen LogP contribution in [0.25, 0.3) is 0 Å². The molecule has 0 saturated heterocycles. The number of rotatable bonds is 4. The van der Waals surface area contributed by atoms with Crippen LogP contribution >= 0.6 is 0 Å². The summed E-state index contributed by atoms with van der Waals surface area (Å²) in [6.45, 7) is 6.90. The Kier molecular flexibility index (Phi) is 5.45. The van der Waals surface area contributed by atoms with Crippen LogP contribution in [0, 0.1) is 13.8 Å². The zero-order valence-corrected chi connectivity index (χ0v) is 20.0. The molecule has 0 bridgehead atoms. The molecule has 5 nitrogen and oxygen atoms in total. The molecule has 0 N–H and O–H groups in total. The maximum Gasteiger partial charge on any atom is 0.161 e. The maximum atomic E-state index is 6.20. The third kappa shape index (κ3) is 4.26. The van der Waals surface area contributed by atoms with Gasteiger partial charge < -0.3 is 24.0 Å². The summed E-state index contributed by atoms with van der Waals surface area (Å²) in [7, 11) is 0. The molecule has 35 heavy (non-hydrogen) atoms. The summed E-state index contributed by atoms with van der Waals surface area (Å²) in [5.74, 6) is 3.63. The minimum atomic E-state index is 0.524. The third-order valence-corrected chi connectivity index (χ3v) is 6.66. The zero-order valence-electron chi connectivity index (χ0n) is 20.0. The number of ether oxygens (including phenoxy) is 3. The molecule has 2 aliphatic heterocycles. The van der Waals surface area contributed by atoms with Crippen molar-refractivity contribution in [3.63, 3.8) is 0 Å². The fourth-order valence-corrected chi connectivity index (χ4v) is 4.81. The van der Waals surface area contributed by atoms with Gasteiger partial charge in [-0.1, -0.05) is 42.5 Å². The number of aryl methyl sites for hydroxylation is 2. The minimum Gasteiger partial charge on any atom is -0.472 e. The molecule has 0 aromatic heterocycles. The Labute approximate surface area is 206 Å². The van der Waals surface area contributed by atoms with Crippen LogP contribution in [0.15, 0.2) is 84.9 Å². The second-order valence-electron chi connectivity index (χ2n) is 9.16. The lowest BCUT2D eigenvalue weighted by Crippen LogP contribution is -2.32. The average Bonchev–Trinajstić information content (AvgIpc) is 2.89. The minimum absolute atomic E-state index is 0.524. The number of hydrogen-bond acceptors (Lipinski definition) is 5. The Hall–Kier alpha value is -4.12. The third-order valence-electron chi connectivity index (χ3n) is 6.66. The summed E-state index contributed by atoms with van der Waals surface area (Å²) < 4.78 is 18.3. The van der Waals surface area contributed by atoms with Gasteiger partial charge in [0.2, 0.25) is 0 Å². The van der Waals surface area contributed by atoms with Gasteiger partial charge in [-0.15, -0.1) is 0 Å². The van der Waals surface area contributed by atoms with Crippen molar-refractivity contribution in [2.75, 3.05) is 23.3 Å². The van der Waals surface area contributed by atoms with E-state index >= 15 is 0 Å². The van der Waals surface area contributed by atoms with Gasteiger partial charge in [0.1, 0.15) is 23.0 Å². The highest BCUT2D eigenvalue weighted by atomic mass is 16.5. The summed E-state index contributed by atoms with van der Waals surface area (Å²) in [4.78, 5) is 4.44. The van der Waals surface area contributed by atoms with E-state index in [2.05, 4.69) is 84.3 Å². The van der Waals surface area contributed by atoms with Crippen LogP contribution in [-0.4, -0.2) is 13.5 Å². The van der Waals surface area contributed by atoms with Crippen LogP contribution in [0.5, 0.6) is 23.0 Å². The van der Waals surface area contributed by atoms with E-state index in [-0.39, 0.29) is 0 Å². The van der Waals surface area contributed by atoms with Gasteiger partial charge in [0.25, 0.3) is 0 Å². The van der Waals surface area contributed by atoms with E-state index in [0.29, 0.717) is 13.5 Å². The number of anilines is 2. The second-order valence-corrected chi connectivity index (χ2v) is 9.16. The van der Waals surface area contributed by atoms with Gasteiger partial charge >= 0.3 is 0 Å². The van der Waals surface area contributed by atoms with Crippen molar-refractivity contribution in [3.8, 4) is 23.0 Å². The zero-order chi connectivity index (χ0) is 23.8. The molecular weight excluding hydrogens is 436 g/mol. The normalized spacial score (nSPS) is 14.5. The van der Waals surface area contributed by atoms with Crippen molar-refractivity contribution in [1.29, 1.82) is 0 Å². The molecule has 5 heteroatoms. The van der Waals surface area contributed by atoms with Crippen LogP contribution in [0.3, 0.4) is 0 Å². The number of nitrogens with zero attached hydrogens (tertiary/aromatic N) is 2. The van der Waals surface area contributed by atoms with E-state index in [1.807, 2.05) is 24.3 Å². The van der Waals surface area contributed by atoms with Gasteiger partial charge in [0, 0.05) is 41.7 Å². The fraction of sp³-hybridized carbons (Fsp3) is 0.200. The Morgan fingerprint density at radius 2 is 1.17 bits per heavy atom. The molecule has 4 aromatic carbocycles. The maximum absolute atomic E-state index is 6.20. The number of fused-ring (bicyclic) bond motifs is 2.